The summed E-state index contributed by atoms with van der Waals surface area (Å²) in [7, 11) is 0. The Morgan fingerprint density at radius 2 is 2.14 bits per heavy atom. The zero-order valence-electron chi connectivity index (χ0n) is 4.53. The Bertz CT molecular complexity index is 37.1. The van der Waals surface area contributed by atoms with E-state index in [0.29, 0.717) is 0 Å². The summed E-state index contributed by atoms with van der Waals surface area (Å²) in [6, 6.07) is 0. The Kier molecular flexibility index (Phi) is 13.8. The molecule has 1 N–H and O–H groups in total. The van der Waals surface area contributed by atoms with E-state index in [1.54, 1.807) is 0 Å². The van der Waals surface area contributed by atoms with E-state index in [-0.39, 0.29) is 16.8 Å². The van der Waals surface area contributed by atoms with Crippen molar-refractivity contribution in [2.24, 2.45) is 0 Å². The Morgan fingerprint density at radius 3 is 2.29 bits per heavy atom. The van der Waals surface area contributed by atoms with Crippen molar-refractivity contribution in [2.75, 3.05) is 0 Å². The molecule has 0 unspecified atom stereocenters. The van der Waals surface area contributed by atoms with E-state index in [0.717, 1.165) is 6.42 Å². The summed E-state index contributed by atoms with van der Waals surface area (Å²) in [5.74, 6) is 0. The summed E-state index contributed by atoms with van der Waals surface area (Å²) >= 11 is 0. The van der Waals surface area contributed by atoms with Gasteiger partial charge >= 0.3 is 16.8 Å². The minimum atomic E-state index is 0. The summed E-state index contributed by atoms with van der Waals surface area (Å²) in [5.41, 5.74) is 0. The van der Waals surface area contributed by atoms with E-state index in [2.05, 4.69) is 6.92 Å². The van der Waals surface area contributed by atoms with Crippen LogP contribution in [0.25, 0.3) is 0 Å². The summed E-state index contributed by atoms with van der Waals surface area (Å²) in [5, 5.41) is 6.58. The van der Waals surface area contributed by atoms with E-state index in [9.17, 15) is 0 Å². The fourth-order valence-corrected chi connectivity index (χ4v) is 0.306. The Hall–Kier alpha value is 0.176. The van der Waals surface area contributed by atoms with Crippen LogP contribution < -0.4 is 0 Å². The molecular formula is C5H11CoN+2. The fraction of sp³-hybridized carbons (Fsp3) is 0.800. The van der Waals surface area contributed by atoms with Crippen LogP contribution in [0.3, 0.4) is 0 Å². The molecule has 7 heavy (non-hydrogen) atoms. The first-order chi connectivity index (χ1) is 2.91. The van der Waals surface area contributed by atoms with Crippen LogP contribution in [0.4, 0.5) is 0 Å². The molecule has 0 aliphatic heterocycles. The van der Waals surface area contributed by atoms with Gasteiger partial charge in [-0.05, 0) is 19.1 Å². The second-order valence-corrected chi connectivity index (χ2v) is 1.35. The molecule has 0 heterocycles. The molecule has 0 fully saturated rings. The molecule has 0 atom stereocenters. The van der Waals surface area contributed by atoms with E-state index < -0.39 is 0 Å². The standard InChI is InChI=1S/C5H11N.Co/c1-2-3-4-5-6;/h5-6H,2-4H2,1H3;/q;+2. The number of nitrogens with one attached hydrogen (secondary N) is 1. The van der Waals surface area contributed by atoms with Gasteiger partial charge in [0.25, 0.3) is 0 Å². The molecular weight excluding hydrogens is 133 g/mol. The average Bonchev–Trinajstić information content (AvgIpc) is 1.61. The van der Waals surface area contributed by atoms with Crippen LogP contribution in [0, 0.1) is 5.41 Å². The van der Waals surface area contributed by atoms with Crippen LogP contribution in [0.2, 0.25) is 0 Å². The van der Waals surface area contributed by atoms with Gasteiger partial charge in [0.1, 0.15) is 0 Å². The second-order valence-electron chi connectivity index (χ2n) is 1.35. The number of rotatable bonds is 3. The number of unbranched alkanes of at least 4 members (excludes halogenated alkanes) is 2. The molecule has 0 aromatic heterocycles. The van der Waals surface area contributed by atoms with Gasteiger partial charge in [-0.2, -0.15) is 0 Å². The molecule has 1 radical (unpaired) electrons. The molecule has 0 aliphatic carbocycles. The topological polar surface area (TPSA) is 23.9 Å². The van der Waals surface area contributed by atoms with E-state index in [4.69, 9.17) is 5.41 Å². The maximum absolute atomic E-state index is 6.58. The van der Waals surface area contributed by atoms with Crippen LogP contribution >= 0.6 is 0 Å². The van der Waals surface area contributed by atoms with Gasteiger partial charge in [-0.3, -0.25) is 0 Å². The maximum atomic E-state index is 6.58. The molecule has 43 valence electrons. The number of hydrogen-bond acceptors (Lipinski definition) is 1. The largest absolute Gasteiger partial charge is 2.00 e. The van der Waals surface area contributed by atoms with Crippen LogP contribution in [-0.4, -0.2) is 6.21 Å². The zero-order valence-corrected chi connectivity index (χ0v) is 5.57. The Balaban J connectivity index is 0. The summed E-state index contributed by atoms with van der Waals surface area (Å²) in [6.07, 6.45) is 4.79. The summed E-state index contributed by atoms with van der Waals surface area (Å²) < 4.78 is 0. The van der Waals surface area contributed by atoms with Gasteiger partial charge in [0.2, 0.25) is 0 Å². The Labute approximate surface area is 55.2 Å². The molecule has 0 aromatic carbocycles. The van der Waals surface area contributed by atoms with Crippen molar-refractivity contribution >= 4 is 6.21 Å². The van der Waals surface area contributed by atoms with Gasteiger partial charge in [0.15, 0.2) is 0 Å². The van der Waals surface area contributed by atoms with Crippen molar-refractivity contribution < 1.29 is 16.8 Å². The van der Waals surface area contributed by atoms with E-state index in [1.807, 2.05) is 0 Å². The SMILES string of the molecule is CCCCC=N.[Co+2]. The molecule has 0 saturated heterocycles. The summed E-state index contributed by atoms with van der Waals surface area (Å²) in [6.45, 7) is 2.13. The predicted molar refractivity (Wildman–Crippen MR) is 28.3 cm³/mol. The molecule has 0 amide bonds. The normalized spacial score (nSPS) is 7.00. The summed E-state index contributed by atoms with van der Waals surface area (Å²) in [4.78, 5) is 0. The molecule has 0 rings (SSSR count). The number of hydrogen-bond donors (Lipinski definition) is 1. The average molecular weight is 144 g/mol. The van der Waals surface area contributed by atoms with Gasteiger partial charge in [-0.1, -0.05) is 13.3 Å². The van der Waals surface area contributed by atoms with Crippen molar-refractivity contribution in [3.63, 3.8) is 0 Å². The minimum Gasteiger partial charge on any atom is -0.313 e. The zero-order chi connectivity index (χ0) is 4.83. The third-order valence-electron chi connectivity index (χ3n) is 0.702. The first-order valence-electron chi connectivity index (χ1n) is 2.40. The monoisotopic (exact) mass is 144 g/mol. The van der Waals surface area contributed by atoms with Crippen LogP contribution in [0.5, 0.6) is 0 Å². The van der Waals surface area contributed by atoms with Gasteiger partial charge in [0, 0.05) is 0 Å². The minimum absolute atomic E-state index is 0. The molecule has 2 heteroatoms. The van der Waals surface area contributed by atoms with Gasteiger partial charge in [-0.15, -0.1) is 0 Å². The van der Waals surface area contributed by atoms with Crippen molar-refractivity contribution in [2.45, 2.75) is 26.2 Å². The van der Waals surface area contributed by atoms with Crippen molar-refractivity contribution in [3.05, 3.63) is 0 Å². The van der Waals surface area contributed by atoms with Crippen molar-refractivity contribution in [1.82, 2.24) is 0 Å². The maximum Gasteiger partial charge on any atom is 2.00 e. The quantitative estimate of drug-likeness (QED) is 0.461. The fourth-order valence-electron chi connectivity index (χ4n) is 0.306. The van der Waals surface area contributed by atoms with Gasteiger partial charge in [-0.25, -0.2) is 0 Å². The first-order valence-corrected chi connectivity index (χ1v) is 2.40. The van der Waals surface area contributed by atoms with Crippen LogP contribution in [0.1, 0.15) is 26.2 Å². The third-order valence-corrected chi connectivity index (χ3v) is 0.702. The second kappa shape index (κ2) is 9.49. The Morgan fingerprint density at radius 1 is 1.57 bits per heavy atom. The van der Waals surface area contributed by atoms with Crippen molar-refractivity contribution in [1.29, 1.82) is 5.41 Å². The molecule has 1 nitrogen and oxygen atoms in total. The van der Waals surface area contributed by atoms with Crippen LogP contribution in [0.15, 0.2) is 0 Å². The predicted octanol–water partition coefficient (Wildman–Crippen LogP) is 1.82. The third kappa shape index (κ3) is 10.7. The molecule has 0 bridgehead atoms. The van der Waals surface area contributed by atoms with Gasteiger partial charge < -0.3 is 5.41 Å². The first kappa shape index (κ1) is 10.2. The van der Waals surface area contributed by atoms with Crippen LogP contribution in [-0.2, 0) is 16.8 Å². The molecule has 0 spiro atoms. The molecule has 0 aliphatic rings. The molecule has 0 aromatic rings. The van der Waals surface area contributed by atoms with E-state index in [1.165, 1.54) is 19.1 Å². The van der Waals surface area contributed by atoms with E-state index >= 15 is 0 Å². The smallest absolute Gasteiger partial charge is 0.313 e. The molecule has 0 saturated carbocycles. The van der Waals surface area contributed by atoms with Gasteiger partial charge in [0.05, 0.1) is 0 Å². The van der Waals surface area contributed by atoms with Crippen molar-refractivity contribution in [3.8, 4) is 0 Å².